The van der Waals surface area contributed by atoms with Crippen LogP contribution in [-0.4, -0.2) is 19.5 Å². The van der Waals surface area contributed by atoms with Crippen molar-refractivity contribution >= 4 is 21.8 Å². The second kappa shape index (κ2) is 7.18. The molecule has 4 heterocycles. The van der Waals surface area contributed by atoms with Crippen LogP contribution in [0.3, 0.4) is 0 Å². The Labute approximate surface area is 179 Å². The van der Waals surface area contributed by atoms with Crippen molar-refractivity contribution in [2.45, 2.75) is 0 Å². The molecule has 0 N–H and O–H groups in total. The van der Waals surface area contributed by atoms with E-state index in [0.29, 0.717) is 0 Å². The van der Waals surface area contributed by atoms with Crippen molar-refractivity contribution in [1.29, 1.82) is 0 Å². The summed E-state index contributed by atoms with van der Waals surface area (Å²) in [7, 11) is 0. The first-order chi connectivity index (χ1) is 15.4. The molecular weight excluding hydrogens is 380 g/mol. The van der Waals surface area contributed by atoms with Crippen molar-refractivity contribution in [3.63, 3.8) is 0 Å². The van der Waals surface area contributed by atoms with Crippen molar-refractivity contribution in [3.8, 4) is 28.2 Å². The summed E-state index contributed by atoms with van der Waals surface area (Å²) in [5.74, 6) is 0. The largest absolute Gasteiger partial charge is 0.309 e. The van der Waals surface area contributed by atoms with Gasteiger partial charge >= 0.3 is 0 Å². The minimum atomic E-state index is 0.881. The second-order valence-electron chi connectivity index (χ2n) is 7.45. The van der Waals surface area contributed by atoms with Crippen molar-refractivity contribution in [3.05, 3.63) is 110 Å². The van der Waals surface area contributed by atoms with Crippen molar-refractivity contribution < 1.29 is 0 Å². The van der Waals surface area contributed by atoms with Crippen molar-refractivity contribution in [1.82, 2.24) is 19.5 Å². The zero-order chi connectivity index (χ0) is 20.6. The van der Waals surface area contributed by atoms with Crippen LogP contribution in [0.4, 0.5) is 0 Å². The lowest BCUT2D eigenvalue weighted by atomic mass is 10.1. The molecule has 0 unspecified atom stereocenters. The minimum absolute atomic E-state index is 0.881. The van der Waals surface area contributed by atoms with Crippen LogP contribution >= 0.6 is 0 Å². The van der Waals surface area contributed by atoms with E-state index >= 15 is 0 Å². The highest BCUT2D eigenvalue weighted by atomic mass is 15.0. The molecule has 146 valence electrons. The Morgan fingerprint density at radius 1 is 0.548 bits per heavy atom. The number of benzene rings is 2. The van der Waals surface area contributed by atoms with Crippen LogP contribution in [0.5, 0.6) is 0 Å². The Kier molecular flexibility index (Phi) is 4.06. The van der Waals surface area contributed by atoms with E-state index in [2.05, 4.69) is 75.2 Å². The molecule has 0 aliphatic rings. The number of hydrogen-bond donors (Lipinski definition) is 0. The first kappa shape index (κ1) is 17.5. The van der Waals surface area contributed by atoms with E-state index in [0.717, 1.165) is 28.2 Å². The molecule has 31 heavy (non-hydrogen) atoms. The average molecular weight is 398 g/mol. The normalized spacial score (nSPS) is 11.2. The molecule has 0 saturated heterocycles. The Bertz CT molecular complexity index is 1410. The van der Waals surface area contributed by atoms with Gasteiger partial charge in [-0.15, -0.1) is 0 Å². The first-order valence-electron chi connectivity index (χ1n) is 10.2. The fourth-order valence-electron chi connectivity index (χ4n) is 4.17. The minimum Gasteiger partial charge on any atom is -0.309 e. The summed E-state index contributed by atoms with van der Waals surface area (Å²) in [6, 6.07) is 29.3. The Morgan fingerprint density at radius 2 is 1.06 bits per heavy atom. The molecule has 4 heteroatoms. The Hall–Kier alpha value is -4.31. The highest BCUT2D eigenvalue weighted by Crippen LogP contribution is 2.34. The Morgan fingerprint density at radius 3 is 1.55 bits per heavy atom. The predicted octanol–water partition coefficient (Wildman–Crippen LogP) is 6.30. The molecule has 0 bridgehead atoms. The van der Waals surface area contributed by atoms with E-state index in [9.17, 15) is 0 Å². The van der Waals surface area contributed by atoms with Gasteiger partial charge < -0.3 is 4.57 Å². The van der Waals surface area contributed by atoms with E-state index in [1.165, 1.54) is 21.8 Å². The molecule has 6 rings (SSSR count). The van der Waals surface area contributed by atoms with Gasteiger partial charge in [0.05, 0.1) is 28.1 Å². The highest BCUT2D eigenvalue weighted by molar-refractivity contribution is 6.09. The van der Waals surface area contributed by atoms with Gasteiger partial charge in [-0.3, -0.25) is 9.97 Å². The summed E-state index contributed by atoms with van der Waals surface area (Å²) in [6.45, 7) is 0. The summed E-state index contributed by atoms with van der Waals surface area (Å²) in [6.07, 6.45) is 7.26. The number of pyridine rings is 3. The molecule has 2 aromatic carbocycles. The number of rotatable bonds is 3. The van der Waals surface area contributed by atoms with Gasteiger partial charge in [-0.25, -0.2) is 4.98 Å². The predicted molar refractivity (Wildman–Crippen MR) is 125 cm³/mol. The number of fused-ring (bicyclic) bond motifs is 3. The SMILES string of the molecule is c1cncc(-c2cc(-n3c4ccccc4c4ccccc43)cc(-c3cccnc3)n2)c1. The van der Waals surface area contributed by atoms with Crippen molar-refractivity contribution in [2.75, 3.05) is 0 Å². The molecule has 0 atom stereocenters. The topological polar surface area (TPSA) is 43.6 Å². The van der Waals surface area contributed by atoms with Crippen molar-refractivity contribution in [2.24, 2.45) is 0 Å². The van der Waals surface area contributed by atoms with E-state index in [1.54, 1.807) is 12.4 Å². The van der Waals surface area contributed by atoms with Crippen LogP contribution in [0, 0.1) is 0 Å². The zero-order valence-corrected chi connectivity index (χ0v) is 16.7. The fraction of sp³-hybridized carbons (Fsp3) is 0. The van der Waals surface area contributed by atoms with Crippen LogP contribution in [0.25, 0.3) is 50.0 Å². The molecule has 6 aromatic rings. The van der Waals surface area contributed by atoms with E-state index in [-0.39, 0.29) is 0 Å². The van der Waals surface area contributed by atoms with Crippen LogP contribution < -0.4 is 0 Å². The number of para-hydroxylation sites is 2. The fourth-order valence-corrected chi connectivity index (χ4v) is 4.17. The van der Waals surface area contributed by atoms with E-state index in [4.69, 9.17) is 4.98 Å². The third-order valence-corrected chi connectivity index (χ3v) is 5.56. The summed E-state index contributed by atoms with van der Waals surface area (Å²) in [5, 5.41) is 2.47. The maximum absolute atomic E-state index is 4.95. The maximum Gasteiger partial charge on any atom is 0.0745 e. The summed E-state index contributed by atoms with van der Waals surface area (Å²) < 4.78 is 2.31. The number of aromatic nitrogens is 4. The van der Waals surface area contributed by atoms with Crippen LogP contribution in [0.15, 0.2) is 110 Å². The van der Waals surface area contributed by atoms with Gasteiger partial charge in [-0.05, 0) is 48.5 Å². The van der Waals surface area contributed by atoms with Gasteiger partial charge in [0.2, 0.25) is 0 Å². The molecule has 0 aliphatic carbocycles. The smallest absolute Gasteiger partial charge is 0.0745 e. The van der Waals surface area contributed by atoms with Crippen LogP contribution in [0.2, 0.25) is 0 Å². The zero-order valence-electron chi connectivity index (χ0n) is 16.7. The first-order valence-corrected chi connectivity index (χ1v) is 10.2. The summed E-state index contributed by atoms with van der Waals surface area (Å²) in [4.78, 5) is 13.5. The lowest BCUT2D eigenvalue weighted by Gasteiger charge is -2.13. The number of nitrogens with zero attached hydrogens (tertiary/aromatic N) is 4. The molecule has 4 nitrogen and oxygen atoms in total. The monoisotopic (exact) mass is 398 g/mol. The second-order valence-corrected chi connectivity index (χ2v) is 7.45. The highest BCUT2D eigenvalue weighted by Gasteiger charge is 2.14. The molecule has 0 radical (unpaired) electrons. The lowest BCUT2D eigenvalue weighted by Crippen LogP contribution is -1.98. The number of hydrogen-bond acceptors (Lipinski definition) is 3. The molecule has 0 amide bonds. The van der Waals surface area contributed by atoms with Crippen LogP contribution in [0.1, 0.15) is 0 Å². The summed E-state index contributed by atoms with van der Waals surface area (Å²) >= 11 is 0. The van der Waals surface area contributed by atoms with Crippen LogP contribution in [-0.2, 0) is 0 Å². The summed E-state index contributed by atoms with van der Waals surface area (Å²) in [5.41, 5.74) is 7.13. The standard InChI is InChI=1S/C27H18N4/c1-3-11-26-22(9-1)23-10-2-4-12-27(23)31(26)21-15-24(19-7-5-13-28-17-19)30-25(16-21)20-8-6-14-29-18-20/h1-18H. The molecule has 0 fully saturated rings. The molecule has 4 aromatic heterocycles. The molecule has 0 saturated carbocycles. The molecular formula is C27H18N4. The third-order valence-electron chi connectivity index (χ3n) is 5.56. The van der Waals surface area contributed by atoms with Gasteiger partial charge in [0.15, 0.2) is 0 Å². The van der Waals surface area contributed by atoms with Gasteiger partial charge in [-0.1, -0.05) is 36.4 Å². The quantitative estimate of drug-likeness (QED) is 0.351. The van der Waals surface area contributed by atoms with E-state index in [1.807, 2.05) is 36.7 Å². The van der Waals surface area contributed by atoms with Gasteiger partial charge in [0.25, 0.3) is 0 Å². The Balaban J connectivity index is 1.69. The average Bonchev–Trinajstić information content (AvgIpc) is 3.19. The van der Waals surface area contributed by atoms with Gasteiger partial charge in [0, 0.05) is 46.7 Å². The van der Waals surface area contributed by atoms with E-state index < -0.39 is 0 Å². The maximum atomic E-state index is 4.95. The molecule has 0 spiro atoms. The lowest BCUT2D eigenvalue weighted by molar-refractivity contribution is 1.15. The third kappa shape index (κ3) is 2.97. The van der Waals surface area contributed by atoms with Gasteiger partial charge in [0.1, 0.15) is 0 Å². The molecule has 0 aliphatic heterocycles. The van der Waals surface area contributed by atoms with Gasteiger partial charge in [-0.2, -0.15) is 0 Å².